The van der Waals surface area contributed by atoms with Crippen LogP contribution >= 0.6 is 0 Å². The molecular weight excluding hydrogens is 196 g/mol. The van der Waals surface area contributed by atoms with Gasteiger partial charge in [-0.1, -0.05) is 0 Å². The van der Waals surface area contributed by atoms with Gasteiger partial charge in [-0.25, -0.2) is 8.78 Å². The Morgan fingerprint density at radius 1 is 1.36 bits per heavy atom. The quantitative estimate of drug-likeness (QED) is 0.662. The third kappa shape index (κ3) is 1.80. The molecule has 76 valence electrons. The van der Waals surface area contributed by atoms with Crippen molar-refractivity contribution in [3.05, 3.63) is 29.3 Å². The molecule has 0 aliphatic rings. The summed E-state index contributed by atoms with van der Waals surface area (Å²) in [6, 6.07) is -0.540. The van der Waals surface area contributed by atoms with E-state index in [1.54, 1.807) is 0 Å². The van der Waals surface area contributed by atoms with E-state index in [-0.39, 0.29) is 5.56 Å². The third-order valence-corrected chi connectivity index (χ3v) is 1.67. The van der Waals surface area contributed by atoms with Crippen LogP contribution < -0.4 is 5.73 Å². The summed E-state index contributed by atoms with van der Waals surface area (Å²) in [5.41, 5.74) is 4.74. The summed E-state index contributed by atoms with van der Waals surface area (Å²) in [5.74, 6) is -4.64. The largest absolute Gasteiger partial charge is 0.507 e. The van der Waals surface area contributed by atoms with E-state index in [2.05, 4.69) is 0 Å². The SMILES string of the molecule is N[C@@H](C(=O)O)c1cc(F)c(F)cc1O. The van der Waals surface area contributed by atoms with Crippen molar-refractivity contribution < 1.29 is 23.8 Å². The molecule has 0 aromatic heterocycles. The van der Waals surface area contributed by atoms with Crippen molar-refractivity contribution in [2.24, 2.45) is 5.73 Å². The predicted molar refractivity (Wildman–Crippen MR) is 42.6 cm³/mol. The lowest BCUT2D eigenvalue weighted by atomic mass is 10.1. The summed E-state index contributed by atoms with van der Waals surface area (Å²) in [6.45, 7) is 0. The highest BCUT2D eigenvalue weighted by Crippen LogP contribution is 2.25. The Hall–Kier alpha value is -1.69. The van der Waals surface area contributed by atoms with Crippen LogP contribution in [0, 0.1) is 11.6 Å². The monoisotopic (exact) mass is 203 g/mol. The van der Waals surface area contributed by atoms with Gasteiger partial charge in [-0.15, -0.1) is 0 Å². The zero-order valence-corrected chi connectivity index (χ0v) is 6.87. The second-order valence-corrected chi connectivity index (χ2v) is 2.64. The van der Waals surface area contributed by atoms with Crippen molar-refractivity contribution >= 4 is 5.97 Å². The maximum Gasteiger partial charge on any atom is 0.325 e. The molecule has 1 atom stereocenters. The normalized spacial score (nSPS) is 12.5. The second kappa shape index (κ2) is 3.59. The number of phenols is 1. The summed E-state index contributed by atoms with van der Waals surface area (Å²) in [7, 11) is 0. The number of phenolic OH excluding ortho intramolecular Hbond substituents is 1. The van der Waals surface area contributed by atoms with E-state index in [1.807, 2.05) is 0 Å². The molecule has 4 nitrogen and oxygen atoms in total. The van der Waals surface area contributed by atoms with Crippen LogP contribution in [-0.2, 0) is 4.79 Å². The van der Waals surface area contributed by atoms with Crippen molar-refractivity contribution in [3.8, 4) is 5.75 Å². The minimum Gasteiger partial charge on any atom is -0.507 e. The Morgan fingerprint density at radius 2 is 1.86 bits per heavy atom. The highest BCUT2D eigenvalue weighted by molar-refractivity contribution is 5.76. The number of benzene rings is 1. The smallest absolute Gasteiger partial charge is 0.325 e. The summed E-state index contributed by atoms with van der Waals surface area (Å²) in [6.07, 6.45) is 0. The fourth-order valence-electron chi connectivity index (χ4n) is 0.934. The Balaban J connectivity index is 3.22. The molecule has 1 aromatic carbocycles. The molecule has 0 aliphatic heterocycles. The van der Waals surface area contributed by atoms with Gasteiger partial charge in [-0.3, -0.25) is 4.79 Å². The van der Waals surface area contributed by atoms with Crippen LogP contribution in [0.15, 0.2) is 12.1 Å². The maximum atomic E-state index is 12.6. The number of carbonyl (C=O) groups is 1. The average Bonchev–Trinajstić information content (AvgIpc) is 2.10. The van der Waals surface area contributed by atoms with Crippen molar-refractivity contribution in [2.75, 3.05) is 0 Å². The van der Waals surface area contributed by atoms with Gasteiger partial charge in [0.1, 0.15) is 11.8 Å². The van der Waals surface area contributed by atoms with Crippen molar-refractivity contribution in [2.45, 2.75) is 6.04 Å². The Bertz CT molecular complexity index is 381. The molecule has 0 spiro atoms. The Kier molecular flexibility index (Phi) is 2.66. The first kappa shape index (κ1) is 10.4. The topological polar surface area (TPSA) is 83.6 Å². The Morgan fingerprint density at radius 3 is 2.36 bits per heavy atom. The van der Waals surface area contributed by atoms with Crippen LogP contribution in [0.3, 0.4) is 0 Å². The molecular formula is C8H7F2NO3. The van der Waals surface area contributed by atoms with Gasteiger partial charge < -0.3 is 15.9 Å². The van der Waals surface area contributed by atoms with Crippen LogP contribution in [0.2, 0.25) is 0 Å². The van der Waals surface area contributed by atoms with E-state index in [9.17, 15) is 13.6 Å². The van der Waals surface area contributed by atoms with E-state index in [0.29, 0.717) is 12.1 Å². The minimum atomic E-state index is -1.58. The van der Waals surface area contributed by atoms with Gasteiger partial charge in [0.15, 0.2) is 11.6 Å². The summed E-state index contributed by atoms with van der Waals surface area (Å²) >= 11 is 0. The van der Waals surface area contributed by atoms with E-state index in [0.717, 1.165) is 0 Å². The highest BCUT2D eigenvalue weighted by atomic mass is 19.2. The molecule has 0 heterocycles. The first-order valence-electron chi connectivity index (χ1n) is 3.59. The number of hydrogen-bond acceptors (Lipinski definition) is 3. The molecule has 14 heavy (non-hydrogen) atoms. The van der Waals surface area contributed by atoms with Crippen LogP contribution in [-0.4, -0.2) is 16.2 Å². The van der Waals surface area contributed by atoms with Gasteiger partial charge in [0.2, 0.25) is 0 Å². The van der Waals surface area contributed by atoms with Gasteiger partial charge in [0, 0.05) is 11.6 Å². The van der Waals surface area contributed by atoms with E-state index < -0.39 is 29.4 Å². The first-order chi connectivity index (χ1) is 6.43. The fourth-order valence-corrected chi connectivity index (χ4v) is 0.934. The fraction of sp³-hybridized carbons (Fsp3) is 0.125. The number of halogens is 2. The lowest BCUT2D eigenvalue weighted by Gasteiger charge is -2.09. The lowest BCUT2D eigenvalue weighted by Crippen LogP contribution is -2.21. The van der Waals surface area contributed by atoms with E-state index in [1.165, 1.54) is 0 Å². The molecule has 0 saturated carbocycles. The number of carboxylic acid groups (broad SMARTS) is 1. The van der Waals surface area contributed by atoms with Crippen molar-refractivity contribution in [1.29, 1.82) is 0 Å². The second-order valence-electron chi connectivity index (χ2n) is 2.64. The van der Waals surface area contributed by atoms with E-state index >= 15 is 0 Å². The van der Waals surface area contributed by atoms with E-state index in [4.69, 9.17) is 15.9 Å². The zero-order chi connectivity index (χ0) is 10.9. The summed E-state index contributed by atoms with van der Waals surface area (Å²) in [4.78, 5) is 10.4. The molecule has 1 rings (SSSR count). The van der Waals surface area contributed by atoms with Crippen LogP contribution in [0.5, 0.6) is 5.75 Å². The minimum absolute atomic E-state index is 0.364. The van der Waals surface area contributed by atoms with Crippen LogP contribution in [0.4, 0.5) is 8.78 Å². The number of nitrogens with two attached hydrogens (primary N) is 1. The molecule has 0 aliphatic carbocycles. The number of aliphatic carboxylic acids is 1. The molecule has 0 unspecified atom stereocenters. The predicted octanol–water partition coefficient (Wildman–Crippen LogP) is 0.755. The molecule has 1 aromatic rings. The van der Waals surface area contributed by atoms with Crippen LogP contribution in [0.1, 0.15) is 11.6 Å². The number of carboxylic acids is 1. The maximum absolute atomic E-state index is 12.6. The van der Waals surface area contributed by atoms with Gasteiger partial charge in [0.05, 0.1) is 0 Å². The first-order valence-corrected chi connectivity index (χ1v) is 3.59. The molecule has 0 radical (unpaired) electrons. The highest BCUT2D eigenvalue weighted by Gasteiger charge is 2.20. The molecule has 4 N–H and O–H groups in total. The summed E-state index contributed by atoms with van der Waals surface area (Å²) in [5, 5.41) is 17.6. The van der Waals surface area contributed by atoms with Crippen LogP contribution in [0.25, 0.3) is 0 Å². The van der Waals surface area contributed by atoms with Gasteiger partial charge >= 0.3 is 5.97 Å². The number of hydrogen-bond donors (Lipinski definition) is 3. The number of rotatable bonds is 2. The lowest BCUT2D eigenvalue weighted by molar-refractivity contribution is -0.138. The third-order valence-electron chi connectivity index (χ3n) is 1.67. The molecule has 0 fully saturated rings. The summed E-state index contributed by atoms with van der Waals surface area (Å²) < 4.78 is 25.1. The molecule has 0 amide bonds. The Labute approximate surface area is 77.6 Å². The number of aromatic hydroxyl groups is 1. The van der Waals surface area contributed by atoms with Gasteiger partial charge in [-0.2, -0.15) is 0 Å². The van der Waals surface area contributed by atoms with Crippen molar-refractivity contribution in [3.63, 3.8) is 0 Å². The molecule has 6 heteroatoms. The van der Waals surface area contributed by atoms with Gasteiger partial charge in [0.25, 0.3) is 0 Å². The standard InChI is InChI=1S/C8H7F2NO3/c9-4-1-3(7(11)8(13)14)6(12)2-5(4)10/h1-2,7,12H,11H2,(H,13,14)/t7-/m1/s1. The zero-order valence-electron chi connectivity index (χ0n) is 6.87. The average molecular weight is 203 g/mol. The molecule has 0 saturated heterocycles. The molecule has 0 bridgehead atoms. The van der Waals surface area contributed by atoms with Crippen molar-refractivity contribution in [1.82, 2.24) is 0 Å². The van der Waals surface area contributed by atoms with Gasteiger partial charge in [-0.05, 0) is 6.07 Å².